The third-order valence-corrected chi connectivity index (χ3v) is 3.90. The Hall–Kier alpha value is -0.450. The molecule has 0 amide bonds. The number of nitrogens with one attached hydrogen (secondary N) is 1. The van der Waals surface area contributed by atoms with Gasteiger partial charge in [-0.05, 0) is 19.3 Å². The van der Waals surface area contributed by atoms with Crippen molar-refractivity contribution in [2.75, 3.05) is 13.2 Å². The zero-order valence-corrected chi connectivity index (χ0v) is 9.55. The summed E-state index contributed by atoms with van der Waals surface area (Å²) in [4.78, 5) is 4.67. The molecule has 1 atom stereocenters. The molecule has 1 N–H and O–H groups in total. The van der Waals surface area contributed by atoms with Gasteiger partial charge in [0, 0.05) is 30.5 Å². The maximum Gasteiger partial charge on any atom is 0.107 e. The lowest BCUT2D eigenvalue weighted by Crippen LogP contribution is -2.15. The molecule has 3 rings (SSSR count). The average molecular weight is 224 g/mol. The van der Waals surface area contributed by atoms with Crippen LogP contribution in [0.5, 0.6) is 0 Å². The molecule has 1 unspecified atom stereocenters. The number of rotatable bonds is 4. The summed E-state index contributed by atoms with van der Waals surface area (Å²) in [5.74, 6) is 0.552. The lowest BCUT2D eigenvalue weighted by atomic mass is 10.1. The quantitative estimate of drug-likeness (QED) is 0.848. The van der Waals surface area contributed by atoms with E-state index in [9.17, 15) is 0 Å². The fourth-order valence-electron chi connectivity index (χ4n) is 1.88. The highest BCUT2D eigenvalue weighted by atomic mass is 32.1. The Balaban J connectivity index is 1.59. The van der Waals surface area contributed by atoms with E-state index in [1.54, 1.807) is 11.3 Å². The van der Waals surface area contributed by atoms with Crippen molar-refractivity contribution in [2.24, 2.45) is 0 Å². The van der Waals surface area contributed by atoms with Gasteiger partial charge in [-0.15, -0.1) is 11.3 Å². The van der Waals surface area contributed by atoms with Crippen LogP contribution >= 0.6 is 11.3 Å². The number of hydrogen-bond acceptors (Lipinski definition) is 4. The molecule has 2 fully saturated rings. The van der Waals surface area contributed by atoms with E-state index in [-0.39, 0.29) is 0 Å². The van der Waals surface area contributed by atoms with Crippen molar-refractivity contribution >= 4 is 11.3 Å². The molecule has 2 heterocycles. The zero-order valence-electron chi connectivity index (χ0n) is 8.74. The molecule has 1 aromatic rings. The number of thiazole rings is 1. The molecule has 0 aromatic carbocycles. The fraction of sp³-hybridized carbons (Fsp3) is 0.727. The van der Waals surface area contributed by atoms with Crippen LogP contribution in [0.4, 0.5) is 0 Å². The second-order valence-electron chi connectivity index (χ2n) is 4.38. The number of ether oxygens (including phenoxy) is 1. The molecule has 1 saturated carbocycles. The SMILES string of the molecule is c1sc(CNC2CC2)nc1C1CCOC1. The molecule has 0 spiro atoms. The van der Waals surface area contributed by atoms with Crippen LogP contribution in [-0.2, 0) is 11.3 Å². The van der Waals surface area contributed by atoms with Gasteiger partial charge < -0.3 is 10.1 Å². The summed E-state index contributed by atoms with van der Waals surface area (Å²) in [5.41, 5.74) is 1.24. The summed E-state index contributed by atoms with van der Waals surface area (Å²) in [6.07, 6.45) is 3.82. The molecular weight excluding hydrogens is 208 g/mol. The molecular formula is C11H16N2OS. The van der Waals surface area contributed by atoms with Crippen LogP contribution in [-0.4, -0.2) is 24.2 Å². The average Bonchev–Trinajstić information content (AvgIpc) is 2.78. The van der Waals surface area contributed by atoms with Gasteiger partial charge in [0.1, 0.15) is 5.01 Å². The van der Waals surface area contributed by atoms with Crippen molar-refractivity contribution in [3.05, 3.63) is 16.1 Å². The van der Waals surface area contributed by atoms with Crippen LogP contribution in [0.3, 0.4) is 0 Å². The number of aromatic nitrogens is 1. The molecule has 4 heteroatoms. The Morgan fingerprint density at radius 1 is 1.47 bits per heavy atom. The Morgan fingerprint density at radius 2 is 2.40 bits per heavy atom. The van der Waals surface area contributed by atoms with Crippen LogP contribution in [0.25, 0.3) is 0 Å². The maximum absolute atomic E-state index is 5.38. The van der Waals surface area contributed by atoms with Gasteiger partial charge >= 0.3 is 0 Å². The van der Waals surface area contributed by atoms with Gasteiger partial charge in [0.15, 0.2) is 0 Å². The van der Waals surface area contributed by atoms with E-state index in [4.69, 9.17) is 4.74 Å². The van der Waals surface area contributed by atoms with Crippen molar-refractivity contribution in [1.82, 2.24) is 10.3 Å². The normalized spacial score (nSPS) is 26.0. The van der Waals surface area contributed by atoms with E-state index in [0.717, 1.165) is 32.2 Å². The van der Waals surface area contributed by atoms with Gasteiger partial charge in [-0.2, -0.15) is 0 Å². The van der Waals surface area contributed by atoms with Crippen molar-refractivity contribution in [1.29, 1.82) is 0 Å². The molecule has 82 valence electrons. The minimum absolute atomic E-state index is 0.552. The largest absolute Gasteiger partial charge is 0.381 e. The summed E-state index contributed by atoms with van der Waals surface area (Å²) in [5, 5.41) is 6.92. The van der Waals surface area contributed by atoms with Crippen molar-refractivity contribution < 1.29 is 4.74 Å². The Bertz CT molecular complexity index is 329. The van der Waals surface area contributed by atoms with Crippen LogP contribution < -0.4 is 5.32 Å². The molecule has 0 bridgehead atoms. The van der Waals surface area contributed by atoms with E-state index in [2.05, 4.69) is 15.7 Å². The van der Waals surface area contributed by atoms with Crippen molar-refractivity contribution in [3.63, 3.8) is 0 Å². The number of hydrogen-bond donors (Lipinski definition) is 1. The summed E-state index contributed by atoms with van der Waals surface area (Å²) in [6.45, 7) is 2.71. The van der Waals surface area contributed by atoms with Crippen molar-refractivity contribution in [3.8, 4) is 0 Å². The maximum atomic E-state index is 5.38. The highest BCUT2D eigenvalue weighted by Crippen LogP contribution is 2.26. The molecule has 2 aliphatic rings. The van der Waals surface area contributed by atoms with Gasteiger partial charge in [-0.1, -0.05) is 0 Å². The minimum atomic E-state index is 0.552. The molecule has 1 aromatic heterocycles. The topological polar surface area (TPSA) is 34.2 Å². The first-order valence-corrected chi connectivity index (χ1v) is 6.55. The molecule has 1 saturated heterocycles. The highest BCUT2D eigenvalue weighted by Gasteiger charge is 2.22. The molecule has 1 aliphatic heterocycles. The second kappa shape index (κ2) is 4.20. The first-order chi connectivity index (χ1) is 7.42. The molecule has 0 radical (unpaired) electrons. The molecule has 15 heavy (non-hydrogen) atoms. The predicted octanol–water partition coefficient (Wildman–Crippen LogP) is 1.90. The van der Waals surface area contributed by atoms with Gasteiger partial charge in [0.05, 0.1) is 12.3 Å². The van der Waals surface area contributed by atoms with E-state index < -0.39 is 0 Å². The third kappa shape index (κ3) is 2.38. The van der Waals surface area contributed by atoms with Gasteiger partial charge in [0.2, 0.25) is 0 Å². The summed E-state index contributed by atoms with van der Waals surface area (Å²) in [6, 6.07) is 0.771. The second-order valence-corrected chi connectivity index (χ2v) is 5.32. The standard InChI is InChI=1S/C11H16N2OS/c1-2-9(1)12-5-11-13-10(7-15-11)8-3-4-14-6-8/h7-9,12H,1-6H2. The Kier molecular flexibility index (Phi) is 2.73. The van der Waals surface area contributed by atoms with Crippen LogP contribution in [0.2, 0.25) is 0 Å². The third-order valence-electron chi connectivity index (χ3n) is 3.04. The predicted molar refractivity (Wildman–Crippen MR) is 60.2 cm³/mol. The fourth-order valence-corrected chi connectivity index (χ4v) is 2.71. The Morgan fingerprint density at radius 3 is 3.13 bits per heavy atom. The van der Waals surface area contributed by atoms with Gasteiger partial charge in [0.25, 0.3) is 0 Å². The lowest BCUT2D eigenvalue weighted by Gasteiger charge is -2.01. The summed E-state index contributed by atoms with van der Waals surface area (Å²) < 4.78 is 5.38. The van der Waals surface area contributed by atoms with Crippen LogP contribution in [0.15, 0.2) is 5.38 Å². The van der Waals surface area contributed by atoms with E-state index >= 15 is 0 Å². The van der Waals surface area contributed by atoms with E-state index in [0.29, 0.717) is 5.92 Å². The monoisotopic (exact) mass is 224 g/mol. The van der Waals surface area contributed by atoms with Crippen molar-refractivity contribution in [2.45, 2.75) is 37.8 Å². The lowest BCUT2D eigenvalue weighted by molar-refractivity contribution is 0.193. The molecule has 3 nitrogen and oxygen atoms in total. The van der Waals surface area contributed by atoms with Gasteiger partial charge in [-0.25, -0.2) is 4.98 Å². The highest BCUT2D eigenvalue weighted by molar-refractivity contribution is 7.09. The first kappa shape index (κ1) is 9.75. The smallest absolute Gasteiger partial charge is 0.107 e. The summed E-state index contributed by atoms with van der Waals surface area (Å²) >= 11 is 1.78. The van der Waals surface area contributed by atoms with Gasteiger partial charge in [-0.3, -0.25) is 0 Å². The zero-order chi connectivity index (χ0) is 10.1. The summed E-state index contributed by atoms with van der Waals surface area (Å²) in [7, 11) is 0. The van der Waals surface area contributed by atoms with Crippen LogP contribution in [0.1, 0.15) is 35.9 Å². The minimum Gasteiger partial charge on any atom is -0.381 e. The van der Waals surface area contributed by atoms with E-state index in [1.807, 2.05) is 0 Å². The first-order valence-electron chi connectivity index (χ1n) is 5.67. The molecule has 1 aliphatic carbocycles. The number of nitrogens with zero attached hydrogens (tertiary/aromatic N) is 1. The van der Waals surface area contributed by atoms with Crippen LogP contribution in [0, 0.1) is 0 Å². The van der Waals surface area contributed by atoms with E-state index in [1.165, 1.54) is 23.5 Å². The Labute approximate surface area is 93.9 Å².